The molecular formula is C22H23NO3. The lowest BCUT2D eigenvalue weighted by molar-refractivity contribution is 0.289. The minimum atomic E-state index is -0.294. The highest BCUT2D eigenvalue weighted by molar-refractivity contribution is 5.85. The summed E-state index contributed by atoms with van der Waals surface area (Å²) in [6.45, 7) is 7.46. The number of aryl methyl sites for hydroxylation is 3. The van der Waals surface area contributed by atoms with Crippen LogP contribution in [-0.2, 0) is 13.0 Å². The lowest BCUT2D eigenvalue weighted by Gasteiger charge is -2.31. The molecule has 26 heavy (non-hydrogen) atoms. The van der Waals surface area contributed by atoms with Crippen LogP contribution < -0.4 is 15.3 Å². The molecule has 1 aliphatic rings. The Bertz CT molecular complexity index is 1020. The quantitative estimate of drug-likeness (QED) is 0.642. The minimum absolute atomic E-state index is 0.294. The normalized spacial score (nSPS) is 13.6. The third-order valence-corrected chi connectivity index (χ3v) is 4.87. The van der Waals surface area contributed by atoms with Crippen LogP contribution in [0.5, 0.6) is 5.75 Å². The van der Waals surface area contributed by atoms with E-state index >= 15 is 0 Å². The second-order valence-corrected chi connectivity index (χ2v) is 7.08. The summed E-state index contributed by atoms with van der Waals surface area (Å²) in [6.07, 6.45) is 1.85. The summed E-state index contributed by atoms with van der Waals surface area (Å²) in [7, 11) is 0. The molecular weight excluding hydrogens is 326 g/mol. The van der Waals surface area contributed by atoms with E-state index in [1.807, 2.05) is 12.1 Å². The molecule has 3 aromatic rings. The van der Waals surface area contributed by atoms with Crippen molar-refractivity contribution in [2.24, 2.45) is 0 Å². The van der Waals surface area contributed by atoms with Gasteiger partial charge in [-0.15, -0.1) is 0 Å². The molecule has 0 atom stereocenters. The van der Waals surface area contributed by atoms with Crippen LogP contribution in [0, 0.1) is 13.8 Å². The summed E-state index contributed by atoms with van der Waals surface area (Å²) in [4.78, 5) is 14.3. The van der Waals surface area contributed by atoms with Crippen molar-refractivity contribution >= 4 is 16.7 Å². The van der Waals surface area contributed by atoms with Gasteiger partial charge in [-0.2, -0.15) is 0 Å². The van der Waals surface area contributed by atoms with Gasteiger partial charge < -0.3 is 14.1 Å². The maximum Gasteiger partial charge on any atom is 0.336 e. The molecule has 0 saturated carbocycles. The number of hydrogen-bond donors (Lipinski definition) is 0. The van der Waals surface area contributed by atoms with E-state index in [0.29, 0.717) is 18.9 Å². The van der Waals surface area contributed by atoms with E-state index < -0.39 is 0 Å². The van der Waals surface area contributed by atoms with Gasteiger partial charge in [0.05, 0.1) is 12.1 Å². The van der Waals surface area contributed by atoms with E-state index in [-0.39, 0.29) is 5.63 Å². The number of benzene rings is 2. The smallest absolute Gasteiger partial charge is 0.336 e. The van der Waals surface area contributed by atoms with Crippen molar-refractivity contribution in [1.29, 1.82) is 0 Å². The highest BCUT2D eigenvalue weighted by atomic mass is 16.5. The van der Waals surface area contributed by atoms with Crippen LogP contribution in [0.2, 0.25) is 0 Å². The first-order valence-electron chi connectivity index (χ1n) is 9.10. The van der Waals surface area contributed by atoms with Gasteiger partial charge >= 0.3 is 5.63 Å². The third kappa shape index (κ3) is 2.96. The number of nitrogens with zero attached hydrogens (tertiary/aromatic N) is 1. The van der Waals surface area contributed by atoms with Crippen LogP contribution in [0.25, 0.3) is 11.0 Å². The zero-order valence-corrected chi connectivity index (χ0v) is 15.5. The van der Waals surface area contributed by atoms with Gasteiger partial charge in [0.15, 0.2) is 6.73 Å². The molecule has 0 unspecified atom stereocenters. The van der Waals surface area contributed by atoms with Crippen molar-refractivity contribution in [3.8, 4) is 5.75 Å². The highest BCUT2D eigenvalue weighted by Gasteiger charge is 2.23. The van der Waals surface area contributed by atoms with Crippen molar-refractivity contribution < 1.29 is 9.15 Å². The average Bonchev–Trinajstić information content (AvgIpc) is 2.60. The largest absolute Gasteiger partial charge is 0.473 e. The van der Waals surface area contributed by atoms with E-state index in [9.17, 15) is 4.79 Å². The standard InChI is InChI=1S/C22H23NO3/c1-4-5-16-11-21(24)26-22-18(16)6-7-20-19(22)12-23(13-25-20)17-9-14(2)8-15(3)10-17/h6-11H,4-5,12-13H2,1-3H3. The fraction of sp³-hybridized carbons (Fsp3) is 0.318. The molecule has 0 fully saturated rings. The first-order valence-corrected chi connectivity index (χ1v) is 9.10. The van der Waals surface area contributed by atoms with E-state index in [1.165, 1.54) is 11.1 Å². The second-order valence-electron chi connectivity index (χ2n) is 7.08. The fourth-order valence-electron chi connectivity index (χ4n) is 3.77. The van der Waals surface area contributed by atoms with E-state index in [1.54, 1.807) is 6.07 Å². The highest BCUT2D eigenvalue weighted by Crippen LogP contribution is 2.35. The van der Waals surface area contributed by atoms with Crippen molar-refractivity contribution in [1.82, 2.24) is 0 Å². The molecule has 0 amide bonds. The van der Waals surface area contributed by atoms with Crippen LogP contribution in [0.3, 0.4) is 0 Å². The zero-order valence-electron chi connectivity index (χ0n) is 15.5. The maximum atomic E-state index is 12.1. The molecule has 4 nitrogen and oxygen atoms in total. The minimum Gasteiger partial charge on any atom is -0.473 e. The van der Waals surface area contributed by atoms with Crippen LogP contribution in [-0.4, -0.2) is 6.73 Å². The SMILES string of the molecule is CCCc1cc(=O)oc2c3c(ccc12)OCN(c1cc(C)cc(C)c1)C3. The molecule has 0 saturated heterocycles. The van der Waals surface area contributed by atoms with Gasteiger partial charge in [-0.3, -0.25) is 0 Å². The van der Waals surface area contributed by atoms with Gasteiger partial charge in [-0.1, -0.05) is 19.4 Å². The van der Waals surface area contributed by atoms with Crippen molar-refractivity contribution in [3.05, 3.63) is 69.1 Å². The molecule has 1 aliphatic heterocycles. The van der Waals surface area contributed by atoms with Crippen LogP contribution in [0.15, 0.2) is 45.6 Å². The molecule has 0 aliphatic carbocycles. The summed E-state index contributed by atoms with van der Waals surface area (Å²) in [5.41, 5.74) is 5.93. The molecule has 1 aromatic heterocycles. The number of anilines is 1. The lowest BCUT2D eigenvalue weighted by Crippen LogP contribution is -2.32. The van der Waals surface area contributed by atoms with Gasteiger partial charge in [0.2, 0.25) is 0 Å². The van der Waals surface area contributed by atoms with E-state index in [4.69, 9.17) is 9.15 Å². The Labute approximate surface area is 153 Å². The molecule has 2 heterocycles. The number of ether oxygens (including phenoxy) is 1. The first kappa shape index (κ1) is 16.7. The Morgan fingerprint density at radius 1 is 1.08 bits per heavy atom. The predicted octanol–water partition coefficient (Wildman–Crippen LogP) is 4.72. The van der Waals surface area contributed by atoms with Crippen molar-refractivity contribution in [2.45, 2.75) is 40.2 Å². The molecule has 0 N–H and O–H groups in total. The van der Waals surface area contributed by atoms with E-state index in [0.717, 1.165) is 40.8 Å². The summed E-state index contributed by atoms with van der Waals surface area (Å²) in [5, 5.41) is 1.01. The molecule has 134 valence electrons. The average molecular weight is 349 g/mol. The fourth-order valence-corrected chi connectivity index (χ4v) is 3.77. The van der Waals surface area contributed by atoms with Crippen LogP contribution in [0.4, 0.5) is 5.69 Å². The Balaban J connectivity index is 1.82. The molecule has 4 rings (SSSR count). The van der Waals surface area contributed by atoms with Gasteiger partial charge in [0.1, 0.15) is 11.3 Å². The summed E-state index contributed by atoms with van der Waals surface area (Å²) < 4.78 is 11.6. The zero-order chi connectivity index (χ0) is 18.3. The Morgan fingerprint density at radius 3 is 2.58 bits per heavy atom. The van der Waals surface area contributed by atoms with Crippen LogP contribution in [0.1, 0.15) is 35.6 Å². The third-order valence-electron chi connectivity index (χ3n) is 4.87. The molecule has 4 heteroatoms. The Hall–Kier alpha value is -2.75. The Morgan fingerprint density at radius 2 is 1.85 bits per heavy atom. The summed E-state index contributed by atoms with van der Waals surface area (Å²) in [5.74, 6) is 0.801. The number of fused-ring (bicyclic) bond motifs is 3. The molecule has 0 spiro atoms. The van der Waals surface area contributed by atoms with Crippen LogP contribution >= 0.6 is 0 Å². The van der Waals surface area contributed by atoms with Gasteiger partial charge in [0.25, 0.3) is 0 Å². The summed E-state index contributed by atoms with van der Waals surface area (Å²) >= 11 is 0. The summed E-state index contributed by atoms with van der Waals surface area (Å²) in [6, 6.07) is 12.1. The monoisotopic (exact) mass is 349 g/mol. The Kier molecular flexibility index (Phi) is 4.19. The predicted molar refractivity (Wildman–Crippen MR) is 104 cm³/mol. The van der Waals surface area contributed by atoms with Crippen molar-refractivity contribution in [2.75, 3.05) is 11.6 Å². The second kappa shape index (κ2) is 6.52. The molecule has 0 radical (unpaired) electrons. The number of hydrogen-bond acceptors (Lipinski definition) is 4. The molecule has 0 bridgehead atoms. The lowest BCUT2D eigenvalue weighted by atomic mass is 10.0. The van der Waals surface area contributed by atoms with E-state index in [2.05, 4.69) is 43.9 Å². The molecule has 2 aromatic carbocycles. The number of rotatable bonds is 3. The van der Waals surface area contributed by atoms with Gasteiger partial charge in [-0.25, -0.2) is 4.79 Å². The topological polar surface area (TPSA) is 42.7 Å². The van der Waals surface area contributed by atoms with Gasteiger partial charge in [0, 0.05) is 17.1 Å². The van der Waals surface area contributed by atoms with Crippen molar-refractivity contribution in [3.63, 3.8) is 0 Å². The van der Waals surface area contributed by atoms with Gasteiger partial charge in [-0.05, 0) is 61.2 Å². The maximum absolute atomic E-state index is 12.1. The first-order chi connectivity index (χ1) is 12.5.